The fraction of sp³-hybridized carbons (Fsp3) is 0.412. The molecular formula is C17H19ClFN5O3. The number of rotatable bonds is 5. The topological polar surface area (TPSA) is 120 Å². The molecular weight excluding hydrogens is 377 g/mol. The highest BCUT2D eigenvalue weighted by molar-refractivity contribution is 6.33. The van der Waals surface area contributed by atoms with Crippen molar-refractivity contribution in [2.75, 3.05) is 0 Å². The zero-order valence-electron chi connectivity index (χ0n) is 14.4. The van der Waals surface area contributed by atoms with E-state index in [1.165, 1.54) is 18.2 Å². The quantitative estimate of drug-likeness (QED) is 0.613. The zero-order chi connectivity index (χ0) is 19.4. The van der Waals surface area contributed by atoms with Crippen molar-refractivity contribution in [2.45, 2.75) is 38.3 Å². The Balaban J connectivity index is 1.47. The van der Waals surface area contributed by atoms with Gasteiger partial charge in [-0.2, -0.15) is 5.10 Å². The Hall–Kier alpha value is -2.68. The van der Waals surface area contributed by atoms with Crippen LogP contribution in [0.15, 0.2) is 23.0 Å². The van der Waals surface area contributed by atoms with Crippen molar-refractivity contribution in [3.05, 3.63) is 50.9 Å². The van der Waals surface area contributed by atoms with Gasteiger partial charge in [-0.15, -0.1) is 0 Å². The number of aromatic amines is 2. The summed E-state index contributed by atoms with van der Waals surface area (Å²) in [5, 5.41) is 11.5. The molecule has 1 fully saturated rings. The zero-order valence-corrected chi connectivity index (χ0v) is 15.1. The van der Waals surface area contributed by atoms with Crippen LogP contribution in [-0.4, -0.2) is 33.0 Å². The highest BCUT2D eigenvalue weighted by atomic mass is 35.5. The number of hydrogen-bond donors (Lipinski definition) is 4. The summed E-state index contributed by atoms with van der Waals surface area (Å²) in [6.45, 7) is 0.139. The molecule has 0 bridgehead atoms. The summed E-state index contributed by atoms with van der Waals surface area (Å²) in [6.07, 6.45) is 2.40. The van der Waals surface area contributed by atoms with Gasteiger partial charge in [0.05, 0.1) is 17.1 Å². The van der Waals surface area contributed by atoms with Gasteiger partial charge in [0, 0.05) is 12.0 Å². The number of nitrogens with zero attached hydrogens (tertiary/aromatic N) is 1. The molecule has 8 nitrogen and oxygen atoms in total. The van der Waals surface area contributed by atoms with E-state index in [0.717, 1.165) is 0 Å². The van der Waals surface area contributed by atoms with E-state index in [-0.39, 0.29) is 35.0 Å². The largest absolute Gasteiger partial charge is 0.349 e. The van der Waals surface area contributed by atoms with E-state index in [4.69, 9.17) is 11.6 Å². The Morgan fingerprint density at radius 2 is 2.00 bits per heavy atom. The summed E-state index contributed by atoms with van der Waals surface area (Å²) < 4.78 is 13.8. The Morgan fingerprint density at radius 1 is 1.26 bits per heavy atom. The standard InChI is InChI=1S/C17H19ClFN5O3/c18-11-2-1-3-12(19)14(11)16(26)21-10-6-4-9(5-7-10)15(25)20-8-13-22-17(27)24-23-13/h1-3,9-10H,4-8H2,(H,20,25)(H,21,26)(H2,22,23,24,27). The summed E-state index contributed by atoms with van der Waals surface area (Å²) in [5.41, 5.74) is -0.586. The van der Waals surface area contributed by atoms with E-state index in [1.54, 1.807) is 0 Å². The molecule has 0 aliphatic heterocycles. The van der Waals surface area contributed by atoms with Gasteiger partial charge < -0.3 is 10.6 Å². The molecule has 0 spiro atoms. The van der Waals surface area contributed by atoms with Crippen LogP contribution in [0.25, 0.3) is 0 Å². The summed E-state index contributed by atoms with van der Waals surface area (Å²) in [5.74, 6) is -1.16. The van der Waals surface area contributed by atoms with E-state index in [0.29, 0.717) is 31.5 Å². The van der Waals surface area contributed by atoms with Crippen molar-refractivity contribution in [2.24, 2.45) is 5.92 Å². The van der Waals surface area contributed by atoms with E-state index in [2.05, 4.69) is 25.8 Å². The molecule has 1 aliphatic carbocycles. The number of hydrogen-bond acceptors (Lipinski definition) is 4. The van der Waals surface area contributed by atoms with Gasteiger partial charge in [0.25, 0.3) is 5.91 Å². The lowest BCUT2D eigenvalue weighted by molar-refractivity contribution is -0.126. The number of carbonyl (C=O) groups excluding carboxylic acids is 2. The average molecular weight is 396 g/mol. The lowest BCUT2D eigenvalue weighted by Gasteiger charge is -2.28. The van der Waals surface area contributed by atoms with Gasteiger partial charge in [0.15, 0.2) is 0 Å². The highest BCUT2D eigenvalue weighted by Gasteiger charge is 2.28. The fourth-order valence-electron chi connectivity index (χ4n) is 3.18. The van der Waals surface area contributed by atoms with Gasteiger partial charge in [0.1, 0.15) is 11.6 Å². The number of H-pyrrole nitrogens is 2. The third-order valence-electron chi connectivity index (χ3n) is 4.60. The van der Waals surface area contributed by atoms with E-state index in [1.807, 2.05) is 0 Å². The fourth-order valence-corrected chi connectivity index (χ4v) is 3.43. The van der Waals surface area contributed by atoms with Crippen molar-refractivity contribution in [1.82, 2.24) is 25.8 Å². The maximum Gasteiger partial charge on any atom is 0.340 e. The maximum atomic E-state index is 13.8. The first-order valence-electron chi connectivity index (χ1n) is 8.60. The molecule has 2 amide bonds. The van der Waals surface area contributed by atoms with Crippen molar-refractivity contribution in [3.63, 3.8) is 0 Å². The number of nitrogens with one attached hydrogen (secondary N) is 4. The van der Waals surface area contributed by atoms with Crippen LogP contribution in [-0.2, 0) is 11.3 Å². The van der Waals surface area contributed by atoms with Crippen molar-refractivity contribution >= 4 is 23.4 Å². The molecule has 144 valence electrons. The van der Waals surface area contributed by atoms with Crippen molar-refractivity contribution in [3.8, 4) is 0 Å². The second kappa shape index (κ2) is 8.34. The first-order valence-corrected chi connectivity index (χ1v) is 8.98. The molecule has 0 radical (unpaired) electrons. The number of amides is 2. The molecule has 0 unspecified atom stereocenters. The minimum absolute atomic E-state index is 0.0666. The first-order chi connectivity index (χ1) is 12.9. The van der Waals surface area contributed by atoms with Crippen LogP contribution in [0.3, 0.4) is 0 Å². The van der Waals surface area contributed by atoms with Crippen LogP contribution in [0.5, 0.6) is 0 Å². The molecule has 1 aromatic heterocycles. The second-order valence-corrected chi connectivity index (χ2v) is 6.87. The Morgan fingerprint density at radius 3 is 2.63 bits per heavy atom. The Labute approximate surface area is 158 Å². The second-order valence-electron chi connectivity index (χ2n) is 6.46. The smallest absolute Gasteiger partial charge is 0.340 e. The van der Waals surface area contributed by atoms with E-state index in [9.17, 15) is 18.8 Å². The molecule has 0 saturated heterocycles. The van der Waals surface area contributed by atoms with Crippen LogP contribution < -0.4 is 16.3 Å². The van der Waals surface area contributed by atoms with Gasteiger partial charge in [0.2, 0.25) is 5.91 Å². The number of benzene rings is 1. The number of carbonyl (C=O) groups is 2. The monoisotopic (exact) mass is 395 g/mol. The third kappa shape index (κ3) is 4.73. The van der Waals surface area contributed by atoms with Crippen LogP contribution >= 0.6 is 11.6 Å². The maximum absolute atomic E-state index is 13.8. The Kier molecular flexibility index (Phi) is 5.90. The van der Waals surface area contributed by atoms with Crippen molar-refractivity contribution < 1.29 is 14.0 Å². The SMILES string of the molecule is O=C(NC1CCC(C(=O)NCc2n[nH]c(=O)[nH]2)CC1)c1c(F)cccc1Cl. The lowest BCUT2D eigenvalue weighted by atomic mass is 9.85. The van der Waals surface area contributed by atoms with Gasteiger partial charge in [-0.3, -0.25) is 14.6 Å². The molecule has 1 aliphatic rings. The molecule has 4 N–H and O–H groups in total. The summed E-state index contributed by atoms with van der Waals surface area (Å²) in [7, 11) is 0. The average Bonchev–Trinajstić information content (AvgIpc) is 3.05. The molecule has 10 heteroatoms. The molecule has 1 aromatic carbocycles. The molecule has 3 rings (SSSR count). The number of halogens is 2. The minimum atomic E-state index is -0.663. The molecule has 1 saturated carbocycles. The van der Waals surface area contributed by atoms with Crippen LogP contribution in [0.1, 0.15) is 41.9 Å². The lowest BCUT2D eigenvalue weighted by Crippen LogP contribution is -2.41. The minimum Gasteiger partial charge on any atom is -0.349 e. The molecule has 2 aromatic rings. The molecule has 1 heterocycles. The summed E-state index contributed by atoms with van der Waals surface area (Å²) in [4.78, 5) is 37.9. The summed E-state index contributed by atoms with van der Waals surface area (Å²) in [6, 6.07) is 3.96. The normalized spacial score (nSPS) is 19.5. The van der Waals surface area contributed by atoms with Gasteiger partial charge in [-0.1, -0.05) is 17.7 Å². The van der Waals surface area contributed by atoms with Crippen LogP contribution in [0, 0.1) is 11.7 Å². The number of aromatic nitrogens is 3. The summed E-state index contributed by atoms with van der Waals surface area (Å²) >= 11 is 5.91. The van der Waals surface area contributed by atoms with Crippen LogP contribution in [0.2, 0.25) is 5.02 Å². The Bertz CT molecular complexity index is 868. The third-order valence-corrected chi connectivity index (χ3v) is 4.92. The van der Waals surface area contributed by atoms with Gasteiger partial charge >= 0.3 is 5.69 Å². The highest BCUT2D eigenvalue weighted by Crippen LogP contribution is 2.26. The van der Waals surface area contributed by atoms with Crippen LogP contribution in [0.4, 0.5) is 4.39 Å². The van der Waals surface area contributed by atoms with E-state index < -0.39 is 17.4 Å². The first kappa shape index (κ1) is 19.1. The molecule has 0 atom stereocenters. The van der Waals surface area contributed by atoms with Gasteiger partial charge in [-0.05, 0) is 37.8 Å². The van der Waals surface area contributed by atoms with E-state index >= 15 is 0 Å². The van der Waals surface area contributed by atoms with Gasteiger partial charge in [-0.25, -0.2) is 14.3 Å². The molecule has 27 heavy (non-hydrogen) atoms. The predicted octanol–water partition coefficient (Wildman–Crippen LogP) is 1.50. The van der Waals surface area contributed by atoms with Crippen molar-refractivity contribution in [1.29, 1.82) is 0 Å². The predicted molar refractivity (Wildman–Crippen MR) is 95.7 cm³/mol.